The highest BCUT2D eigenvalue weighted by molar-refractivity contribution is 14.0. The van der Waals surface area contributed by atoms with Gasteiger partial charge in [-0.3, -0.25) is 0 Å². The number of hydrogen-bond donors (Lipinski definition) is 2. The Kier molecular flexibility index (Phi) is 7.71. The molecular weight excluding hydrogens is 427 g/mol. The Morgan fingerprint density at radius 1 is 1.28 bits per heavy atom. The van der Waals surface area contributed by atoms with E-state index in [1.165, 1.54) is 38.5 Å². The van der Waals surface area contributed by atoms with Crippen molar-refractivity contribution >= 4 is 29.9 Å². The first kappa shape index (κ1) is 20.2. The van der Waals surface area contributed by atoms with Crippen LogP contribution in [0.4, 0.5) is 0 Å². The second kappa shape index (κ2) is 9.54. The maximum Gasteiger partial charge on any atom is 0.192 e. The third-order valence-electron chi connectivity index (χ3n) is 5.61. The molecule has 25 heavy (non-hydrogen) atoms. The summed E-state index contributed by atoms with van der Waals surface area (Å²) in [5.41, 5.74) is 0. The van der Waals surface area contributed by atoms with Gasteiger partial charge >= 0.3 is 0 Å². The lowest BCUT2D eigenvalue weighted by Crippen LogP contribution is -2.46. The molecule has 2 saturated carbocycles. The van der Waals surface area contributed by atoms with E-state index in [0.29, 0.717) is 19.1 Å². The molecule has 0 aromatic carbocycles. The van der Waals surface area contributed by atoms with Crippen LogP contribution in [0.2, 0.25) is 0 Å². The number of aromatic nitrogens is 3. The minimum absolute atomic E-state index is 0. The topological polar surface area (TPSA) is 67.1 Å². The third-order valence-corrected chi connectivity index (χ3v) is 5.61. The maximum atomic E-state index is 4.71. The Balaban J connectivity index is 0.00000225. The Morgan fingerprint density at radius 3 is 2.80 bits per heavy atom. The summed E-state index contributed by atoms with van der Waals surface area (Å²) in [5.74, 6) is 4.54. The lowest BCUT2D eigenvalue weighted by atomic mass is 9.79. The number of nitrogens with zero attached hydrogens (tertiary/aromatic N) is 4. The fraction of sp³-hybridized carbons (Fsp3) is 0.722. The van der Waals surface area contributed by atoms with Crippen LogP contribution in [0.15, 0.2) is 17.6 Å². The largest absolute Gasteiger partial charge is 0.354 e. The van der Waals surface area contributed by atoms with E-state index in [1.54, 1.807) is 0 Å². The van der Waals surface area contributed by atoms with Crippen molar-refractivity contribution in [1.29, 1.82) is 0 Å². The van der Waals surface area contributed by atoms with E-state index in [2.05, 4.69) is 27.4 Å². The molecule has 1 heterocycles. The Hall–Kier alpha value is -1.12. The summed E-state index contributed by atoms with van der Waals surface area (Å²) < 4.78 is 1.98. The molecule has 3 rings (SSSR count). The van der Waals surface area contributed by atoms with E-state index in [9.17, 15) is 0 Å². The Labute approximate surface area is 168 Å². The highest BCUT2D eigenvalue weighted by Crippen LogP contribution is 2.41. The van der Waals surface area contributed by atoms with E-state index in [-0.39, 0.29) is 24.0 Å². The quantitative estimate of drug-likeness (QED) is 0.308. The molecule has 140 valence electrons. The van der Waals surface area contributed by atoms with E-state index in [4.69, 9.17) is 4.99 Å². The van der Waals surface area contributed by atoms with Gasteiger partial charge in [0.05, 0.1) is 0 Å². The normalized spacial score (nSPS) is 25.8. The van der Waals surface area contributed by atoms with E-state index in [1.807, 2.05) is 24.6 Å². The fourth-order valence-corrected chi connectivity index (χ4v) is 4.09. The summed E-state index contributed by atoms with van der Waals surface area (Å²) in [6, 6.07) is 0.529. The highest BCUT2D eigenvalue weighted by Gasteiger charge is 2.33. The number of hydrogen-bond acceptors (Lipinski definition) is 3. The molecule has 7 heteroatoms. The molecule has 2 fully saturated rings. The molecule has 0 spiro atoms. The first-order chi connectivity index (χ1) is 11.7. The van der Waals surface area contributed by atoms with Crippen molar-refractivity contribution in [2.75, 3.05) is 6.54 Å². The van der Waals surface area contributed by atoms with Crippen molar-refractivity contribution in [1.82, 2.24) is 25.4 Å². The molecule has 0 aliphatic heterocycles. The lowest BCUT2D eigenvalue weighted by molar-refractivity contribution is 0.239. The number of guanidine groups is 1. The molecule has 0 saturated heterocycles. The summed E-state index contributed by atoms with van der Waals surface area (Å²) in [5, 5.41) is 15.3. The molecule has 3 unspecified atom stereocenters. The van der Waals surface area contributed by atoms with Crippen LogP contribution in [0.3, 0.4) is 0 Å². The second-order valence-electron chi connectivity index (χ2n) is 7.16. The molecule has 0 radical (unpaired) electrons. The van der Waals surface area contributed by atoms with Crippen molar-refractivity contribution in [3.63, 3.8) is 0 Å². The van der Waals surface area contributed by atoms with Crippen LogP contribution < -0.4 is 10.6 Å². The predicted octanol–water partition coefficient (Wildman–Crippen LogP) is 2.93. The van der Waals surface area contributed by atoms with Crippen molar-refractivity contribution in [3.8, 4) is 0 Å². The zero-order valence-corrected chi connectivity index (χ0v) is 17.7. The monoisotopic (exact) mass is 458 g/mol. The van der Waals surface area contributed by atoms with Gasteiger partial charge in [-0.15, -0.1) is 40.8 Å². The molecule has 1 aromatic heterocycles. The Bertz CT molecular complexity index is 596. The van der Waals surface area contributed by atoms with Crippen LogP contribution in [0.1, 0.15) is 50.2 Å². The van der Waals surface area contributed by atoms with Crippen molar-refractivity contribution in [2.24, 2.45) is 23.9 Å². The smallest absolute Gasteiger partial charge is 0.192 e. The zero-order valence-electron chi connectivity index (χ0n) is 15.4. The second-order valence-corrected chi connectivity index (χ2v) is 7.16. The third kappa shape index (κ3) is 5.18. The average Bonchev–Trinajstić information content (AvgIpc) is 3.17. The molecule has 2 N–H and O–H groups in total. The predicted molar refractivity (Wildman–Crippen MR) is 112 cm³/mol. The zero-order chi connectivity index (χ0) is 16.9. The lowest BCUT2D eigenvalue weighted by Gasteiger charge is -2.33. The molecule has 0 bridgehead atoms. The van der Waals surface area contributed by atoms with Crippen LogP contribution in [-0.4, -0.2) is 33.3 Å². The van der Waals surface area contributed by atoms with Gasteiger partial charge < -0.3 is 15.2 Å². The van der Waals surface area contributed by atoms with E-state index in [0.717, 1.165) is 29.4 Å². The number of aryl methyl sites for hydroxylation is 1. The van der Waals surface area contributed by atoms with Gasteiger partial charge in [-0.25, -0.2) is 4.99 Å². The van der Waals surface area contributed by atoms with Gasteiger partial charge in [0.25, 0.3) is 0 Å². The number of rotatable bonds is 5. The standard InChI is InChI=1S/C18H30N6.HI/c1-4-10-19-18(20-12-17-23-22-13(2)24(17)3)21-16-9-8-14-6-5-7-15(14)11-16;/h4,14-16H,1,5-12H2,2-3H3,(H2,19,20,21);1H. The van der Waals surface area contributed by atoms with Gasteiger partial charge in [0, 0.05) is 19.6 Å². The van der Waals surface area contributed by atoms with Crippen LogP contribution in [0.25, 0.3) is 0 Å². The first-order valence-corrected chi connectivity index (χ1v) is 9.18. The van der Waals surface area contributed by atoms with E-state index >= 15 is 0 Å². The van der Waals surface area contributed by atoms with Crippen LogP contribution in [0.5, 0.6) is 0 Å². The SMILES string of the molecule is C=CCNC(=NCc1nnc(C)n1C)NC1CCC2CCCC2C1.I. The fourth-order valence-electron chi connectivity index (χ4n) is 4.09. The summed E-state index contributed by atoms with van der Waals surface area (Å²) >= 11 is 0. The highest BCUT2D eigenvalue weighted by atomic mass is 127. The molecule has 1 aromatic rings. The van der Waals surface area contributed by atoms with Crippen molar-refractivity contribution in [3.05, 3.63) is 24.3 Å². The number of nitrogens with one attached hydrogen (secondary N) is 2. The number of aliphatic imine (C=N–C) groups is 1. The van der Waals surface area contributed by atoms with Crippen molar-refractivity contribution in [2.45, 2.75) is 58.0 Å². The van der Waals surface area contributed by atoms with Gasteiger partial charge in [-0.1, -0.05) is 25.3 Å². The molecular formula is C18H31IN6. The summed E-state index contributed by atoms with van der Waals surface area (Å²) in [7, 11) is 1.98. The van der Waals surface area contributed by atoms with Gasteiger partial charge in [0.15, 0.2) is 11.8 Å². The van der Waals surface area contributed by atoms with Gasteiger partial charge in [0.1, 0.15) is 12.4 Å². The van der Waals surface area contributed by atoms with Crippen molar-refractivity contribution < 1.29 is 0 Å². The van der Waals surface area contributed by atoms with Crippen LogP contribution in [-0.2, 0) is 13.6 Å². The average molecular weight is 458 g/mol. The maximum absolute atomic E-state index is 4.71. The minimum Gasteiger partial charge on any atom is -0.354 e. The Morgan fingerprint density at radius 2 is 2.08 bits per heavy atom. The van der Waals surface area contributed by atoms with Crippen LogP contribution >= 0.6 is 24.0 Å². The van der Waals surface area contributed by atoms with E-state index < -0.39 is 0 Å². The van der Waals surface area contributed by atoms with Crippen LogP contribution in [0, 0.1) is 18.8 Å². The number of halogens is 1. The molecule has 2 aliphatic carbocycles. The molecule has 2 aliphatic rings. The number of fused-ring (bicyclic) bond motifs is 1. The molecule has 0 amide bonds. The molecule has 6 nitrogen and oxygen atoms in total. The summed E-state index contributed by atoms with van der Waals surface area (Å²) in [6.07, 6.45) is 10.0. The summed E-state index contributed by atoms with van der Waals surface area (Å²) in [6.45, 7) is 6.98. The minimum atomic E-state index is 0. The van der Waals surface area contributed by atoms with Gasteiger partial charge in [0.2, 0.25) is 0 Å². The first-order valence-electron chi connectivity index (χ1n) is 9.18. The van der Waals surface area contributed by atoms with Gasteiger partial charge in [-0.05, 0) is 38.0 Å². The summed E-state index contributed by atoms with van der Waals surface area (Å²) in [4.78, 5) is 4.71. The molecule has 3 atom stereocenters. The van der Waals surface area contributed by atoms with Gasteiger partial charge in [-0.2, -0.15) is 0 Å².